The van der Waals surface area contributed by atoms with Crippen LogP contribution in [-0.2, 0) is 11.2 Å². The average Bonchev–Trinajstić information content (AvgIpc) is 3.22. The van der Waals surface area contributed by atoms with Crippen LogP contribution in [0.1, 0.15) is 11.3 Å². The minimum Gasteiger partial charge on any atom is -0.356 e. The van der Waals surface area contributed by atoms with Crippen molar-refractivity contribution in [1.29, 1.82) is 0 Å². The Morgan fingerprint density at radius 1 is 1.43 bits per heavy atom. The van der Waals surface area contributed by atoms with Gasteiger partial charge in [-0.05, 0) is 24.3 Å². The fraction of sp³-hybridized carbons (Fsp3) is 0.647. The van der Waals surface area contributed by atoms with Gasteiger partial charge in [-0.15, -0.1) is 35.3 Å². The van der Waals surface area contributed by atoms with E-state index in [4.69, 9.17) is 0 Å². The molecule has 2 heterocycles. The normalized spacial score (nSPS) is 17.9. The van der Waals surface area contributed by atoms with Gasteiger partial charge in [0.2, 0.25) is 5.91 Å². The molecule has 1 aromatic heterocycles. The highest BCUT2D eigenvalue weighted by molar-refractivity contribution is 14.0. The lowest BCUT2D eigenvalue weighted by Gasteiger charge is -2.20. The molecule has 2 N–H and O–H groups in total. The molecule has 0 aliphatic carbocycles. The summed E-state index contributed by atoms with van der Waals surface area (Å²) in [7, 11) is 3.31. The first-order chi connectivity index (χ1) is 12.7. The second-order valence-electron chi connectivity index (χ2n) is 6.69. The minimum absolute atomic E-state index is 0. The van der Waals surface area contributed by atoms with E-state index < -0.39 is 12.7 Å². The number of alkyl halides is 3. The standard InChI is InChI=1S/C17H26F3N5OS.HI/c1-24(2)15(26)10-22-16(21-7-5-14-4-3-9-27-14)23-13-6-8-25(11-13)12-17(18,19)20;/h3-4,9,13H,5-8,10-12H2,1-2H3,(H2,21,22,23);1H. The number of thiophene rings is 1. The lowest BCUT2D eigenvalue weighted by molar-refractivity contribution is -0.143. The van der Waals surface area contributed by atoms with E-state index in [1.165, 1.54) is 14.7 Å². The van der Waals surface area contributed by atoms with Crippen LogP contribution in [0.5, 0.6) is 0 Å². The van der Waals surface area contributed by atoms with Gasteiger partial charge >= 0.3 is 6.18 Å². The Balaban J connectivity index is 0.00000392. The van der Waals surface area contributed by atoms with Gasteiger partial charge in [-0.1, -0.05) is 6.07 Å². The maximum atomic E-state index is 12.5. The summed E-state index contributed by atoms with van der Waals surface area (Å²) in [5.41, 5.74) is 0. The quantitative estimate of drug-likeness (QED) is 0.321. The Morgan fingerprint density at radius 2 is 2.18 bits per heavy atom. The van der Waals surface area contributed by atoms with Crippen molar-refractivity contribution in [1.82, 2.24) is 20.4 Å². The Labute approximate surface area is 184 Å². The highest BCUT2D eigenvalue weighted by Gasteiger charge is 2.34. The molecular weight excluding hydrogens is 506 g/mol. The van der Waals surface area contributed by atoms with Crippen molar-refractivity contribution in [2.75, 3.05) is 46.8 Å². The number of carbonyl (C=O) groups is 1. The summed E-state index contributed by atoms with van der Waals surface area (Å²) in [6.45, 7) is 0.396. The molecule has 1 atom stereocenters. The number of likely N-dealkylation sites (tertiary alicyclic amines) is 1. The fourth-order valence-corrected chi connectivity index (χ4v) is 3.45. The van der Waals surface area contributed by atoms with Gasteiger partial charge in [0.15, 0.2) is 5.96 Å². The number of nitrogens with one attached hydrogen (secondary N) is 2. The molecule has 0 spiro atoms. The topological polar surface area (TPSA) is 60.0 Å². The monoisotopic (exact) mass is 533 g/mol. The minimum atomic E-state index is -4.19. The Bertz CT molecular complexity index is 625. The number of carbonyl (C=O) groups excluding carboxylic acids is 1. The van der Waals surface area contributed by atoms with Crippen LogP contribution in [0.25, 0.3) is 0 Å². The first-order valence-corrected chi connectivity index (χ1v) is 9.67. The van der Waals surface area contributed by atoms with Gasteiger partial charge < -0.3 is 15.5 Å². The van der Waals surface area contributed by atoms with E-state index in [-0.39, 0.29) is 42.5 Å². The van der Waals surface area contributed by atoms with Crippen LogP contribution in [0, 0.1) is 0 Å². The van der Waals surface area contributed by atoms with E-state index in [0.717, 1.165) is 6.42 Å². The summed E-state index contributed by atoms with van der Waals surface area (Å²) < 4.78 is 37.6. The molecule has 0 aromatic carbocycles. The van der Waals surface area contributed by atoms with E-state index in [0.29, 0.717) is 32.0 Å². The number of likely N-dealkylation sites (N-methyl/N-ethyl adjacent to an activating group) is 1. The predicted molar refractivity (Wildman–Crippen MR) is 116 cm³/mol. The summed E-state index contributed by atoms with van der Waals surface area (Å²) in [5.74, 6) is 0.320. The van der Waals surface area contributed by atoms with Crippen molar-refractivity contribution >= 4 is 47.2 Å². The van der Waals surface area contributed by atoms with E-state index in [2.05, 4.69) is 15.6 Å². The first-order valence-electron chi connectivity index (χ1n) is 8.79. The van der Waals surface area contributed by atoms with Gasteiger partial charge in [0.1, 0.15) is 6.54 Å². The van der Waals surface area contributed by atoms with E-state index >= 15 is 0 Å². The summed E-state index contributed by atoms with van der Waals surface area (Å²) in [4.78, 5) is 20.1. The molecule has 0 bridgehead atoms. The zero-order valence-electron chi connectivity index (χ0n) is 16.0. The SMILES string of the molecule is CN(C)C(=O)CN=C(NCCc1cccs1)NC1CCN(CC(F)(F)F)C1.I. The Kier molecular flexibility index (Phi) is 10.5. The molecule has 1 unspecified atom stereocenters. The molecule has 1 fully saturated rings. The molecule has 11 heteroatoms. The zero-order valence-corrected chi connectivity index (χ0v) is 19.1. The lowest BCUT2D eigenvalue weighted by atomic mass is 10.3. The molecular formula is C17H27F3IN5OS. The molecule has 0 radical (unpaired) electrons. The van der Waals surface area contributed by atoms with Gasteiger partial charge in [0.25, 0.3) is 0 Å². The van der Waals surface area contributed by atoms with Crippen LogP contribution in [0.3, 0.4) is 0 Å². The third kappa shape index (κ3) is 9.41. The summed E-state index contributed by atoms with van der Waals surface area (Å²) >= 11 is 1.66. The average molecular weight is 533 g/mol. The summed E-state index contributed by atoms with van der Waals surface area (Å²) in [5, 5.41) is 8.35. The number of hydrogen-bond donors (Lipinski definition) is 2. The number of rotatable bonds is 7. The molecule has 1 saturated heterocycles. The van der Waals surface area contributed by atoms with Crippen LogP contribution in [-0.4, -0.2) is 80.7 Å². The highest BCUT2D eigenvalue weighted by atomic mass is 127. The third-order valence-electron chi connectivity index (χ3n) is 4.13. The first kappa shape index (κ1) is 25.0. The number of hydrogen-bond acceptors (Lipinski definition) is 4. The predicted octanol–water partition coefficient (Wildman–Crippen LogP) is 2.17. The molecule has 28 heavy (non-hydrogen) atoms. The van der Waals surface area contributed by atoms with Crippen molar-refractivity contribution in [3.8, 4) is 0 Å². The van der Waals surface area contributed by atoms with Crippen LogP contribution < -0.4 is 10.6 Å². The maximum Gasteiger partial charge on any atom is 0.401 e. The van der Waals surface area contributed by atoms with Crippen molar-refractivity contribution in [2.45, 2.75) is 25.1 Å². The second-order valence-corrected chi connectivity index (χ2v) is 7.72. The van der Waals surface area contributed by atoms with Crippen LogP contribution in [0.4, 0.5) is 13.2 Å². The summed E-state index contributed by atoms with van der Waals surface area (Å²) in [6.07, 6.45) is -2.78. The third-order valence-corrected chi connectivity index (χ3v) is 5.07. The zero-order chi connectivity index (χ0) is 19.9. The molecule has 6 nitrogen and oxygen atoms in total. The number of guanidine groups is 1. The number of halogens is 4. The Hall–Kier alpha value is -1.08. The van der Waals surface area contributed by atoms with E-state index in [1.807, 2.05) is 17.5 Å². The fourth-order valence-electron chi connectivity index (χ4n) is 2.74. The lowest BCUT2D eigenvalue weighted by Crippen LogP contribution is -2.46. The number of nitrogens with zero attached hydrogens (tertiary/aromatic N) is 3. The second kappa shape index (κ2) is 11.8. The van der Waals surface area contributed by atoms with Crippen molar-refractivity contribution in [3.05, 3.63) is 22.4 Å². The van der Waals surface area contributed by atoms with Gasteiger partial charge in [0, 0.05) is 44.6 Å². The maximum absolute atomic E-state index is 12.5. The molecule has 160 valence electrons. The highest BCUT2D eigenvalue weighted by Crippen LogP contribution is 2.19. The van der Waals surface area contributed by atoms with Crippen molar-refractivity contribution in [3.63, 3.8) is 0 Å². The summed E-state index contributed by atoms with van der Waals surface area (Å²) in [6, 6.07) is 3.89. The Morgan fingerprint density at radius 3 is 2.79 bits per heavy atom. The smallest absolute Gasteiger partial charge is 0.356 e. The van der Waals surface area contributed by atoms with Gasteiger partial charge in [-0.25, -0.2) is 4.99 Å². The van der Waals surface area contributed by atoms with Gasteiger partial charge in [0.05, 0.1) is 6.54 Å². The molecule has 2 rings (SSSR count). The molecule has 1 aliphatic heterocycles. The van der Waals surface area contributed by atoms with Crippen molar-refractivity contribution in [2.24, 2.45) is 4.99 Å². The number of amides is 1. The van der Waals surface area contributed by atoms with E-state index in [9.17, 15) is 18.0 Å². The van der Waals surface area contributed by atoms with Crippen LogP contribution in [0.15, 0.2) is 22.5 Å². The largest absolute Gasteiger partial charge is 0.401 e. The molecule has 1 aliphatic rings. The molecule has 1 aromatic rings. The van der Waals surface area contributed by atoms with Crippen LogP contribution in [0.2, 0.25) is 0 Å². The van der Waals surface area contributed by atoms with E-state index in [1.54, 1.807) is 25.4 Å². The number of aliphatic imine (C=N–C) groups is 1. The van der Waals surface area contributed by atoms with Crippen molar-refractivity contribution < 1.29 is 18.0 Å². The molecule has 1 amide bonds. The van der Waals surface area contributed by atoms with Gasteiger partial charge in [-0.3, -0.25) is 9.69 Å². The van der Waals surface area contributed by atoms with Crippen LogP contribution >= 0.6 is 35.3 Å². The molecule has 0 saturated carbocycles. The van der Waals surface area contributed by atoms with Gasteiger partial charge in [-0.2, -0.15) is 13.2 Å².